The van der Waals surface area contributed by atoms with E-state index < -0.39 is 11.9 Å². The first-order valence-electron chi connectivity index (χ1n) is 10.5. The van der Waals surface area contributed by atoms with Crippen molar-refractivity contribution in [2.75, 3.05) is 10.6 Å². The molecular weight excluding hydrogens is 426 g/mol. The van der Waals surface area contributed by atoms with E-state index in [2.05, 4.69) is 31.0 Å². The van der Waals surface area contributed by atoms with Gasteiger partial charge in [-0.3, -0.25) is 19.7 Å². The molecule has 1 aliphatic heterocycles. The number of hydrogen-bond acceptors (Lipinski definition) is 8. The molecule has 33 heavy (non-hydrogen) atoms. The summed E-state index contributed by atoms with van der Waals surface area (Å²) in [5.74, 6) is -0.685. The SMILES string of the molecule is O=C(O)Cc1ccc(CNc2nc(NC3CC3)n3ncc(/C=C4\CC(=O)NC4=O)c3n2)cc1. The number of rotatable bonds is 8. The smallest absolute Gasteiger partial charge is 0.307 e. The predicted octanol–water partition coefficient (Wildman–Crippen LogP) is 1.37. The van der Waals surface area contributed by atoms with Crippen molar-refractivity contribution in [2.45, 2.75) is 38.3 Å². The number of aromatic nitrogens is 4. The molecule has 5 rings (SSSR count). The number of imide groups is 1. The van der Waals surface area contributed by atoms with Crippen molar-refractivity contribution in [1.82, 2.24) is 24.9 Å². The van der Waals surface area contributed by atoms with Crippen LogP contribution in [0.4, 0.5) is 11.9 Å². The largest absolute Gasteiger partial charge is 0.481 e. The van der Waals surface area contributed by atoms with Crippen molar-refractivity contribution in [3.63, 3.8) is 0 Å². The highest BCUT2D eigenvalue weighted by Gasteiger charge is 2.26. The van der Waals surface area contributed by atoms with Gasteiger partial charge in [0.25, 0.3) is 5.91 Å². The van der Waals surface area contributed by atoms with Gasteiger partial charge in [-0.1, -0.05) is 24.3 Å². The number of nitrogens with zero attached hydrogens (tertiary/aromatic N) is 4. The Morgan fingerprint density at radius 3 is 2.61 bits per heavy atom. The van der Waals surface area contributed by atoms with Gasteiger partial charge in [-0.15, -0.1) is 0 Å². The van der Waals surface area contributed by atoms with Gasteiger partial charge in [0, 0.05) is 23.7 Å². The first-order valence-corrected chi connectivity index (χ1v) is 10.5. The van der Waals surface area contributed by atoms with Crippen LogP contribution in [0.15, 0.2) is 36.0 Å². The second-order valence-corrected chi connectivity index (χ2v) is 8.09. The fourth-order valence-corrected chi connectivity index (χ4v) is 3.52. The molecule has 1 saturated heterocycles. The Bertz CT molecular complexity index is 1290. The molecule has 1 saturated carbocycles. The molecule has 1 aliphatic carbocycles. The summed E-state index contributed by atoms with van der Waals surface area (Å²) in [7, 11) is 0. The predicted molar refractivity (Wildman–Crippen MR) is 118 cm³/mol. The molecule has 2 amide bonds. The van der Waals surface area contributed by atoms with E-state index in [1.54, 1.807) is 28.9 Å². The average Bonchev–Trinajstić information content (AvgIpc) is 3.41. The number of anilines is 2. The van der Waals surface area contributed by atoms with Crippen LogP contribution in [0.3, 0.4) is 0 Å². The van der Waals surface area contributed by atoms with Gasteiger partial charge >= 0.3 is 5.97 Å². The molecule has 2 aromatic heterocycles. The van der Waals surface area contributed by atoms with Crippen molar-refractivity contribution in [2.24, 2.45) is 0 Å². The van der Waals surface area contributed by atoms with Crippen LogP contribution in [0.25, 0.3) is 11.7 Å². The van der Waals surface area contributed by atoms with Gasteiger partial charge in [-0.25, -0.2) is 0 Å². The minimum absolute atomic E-state index is 0.0210. The van der Waals surface area contributed by atoms with E-state index in [1.165, 1.54) is 0 Å². The van der Waals surface area contributed by atoms with E-state index in [0.717, 1.165) is 24.0 Å². The van der Waals surface area contributed by atoms with Gasteiger partial charge in [0.05, 0.1) is 19.0 Å². The fraction of sp³-hybridized carbons (Fsp3) is 0.273. The Morgan fingerprint density at radius 1 is 1.18 bits per heavy atom. The number of nitrogens with one attached hydrogen (secondary N) is 3. The van der Waals surface area contributed by atoms with Gasteiger partial charge in [-0.2, -0.15) is 19.6 Å². The summed E-state index contributed by atoms with van der Waals surface area (Å²) >= 11 is 0. The fourth-order valence-electron chi connectivity index (χ4n) is 3.52. The number of hydrogen-bond donors (Lipinski definition) is 4. The molecule has 0 radical (unpaired) electrons. The molecule has 2 aliphatic rings. The molecule has 2 fully saturated rings. The Morgan fingerprint density at radius 2 is 1.94 bits per heavy atom. The zero-order valence-electron chi connectivity index (χ0n) is 17.5. The van der Waals surface area contributed by atoms with E-state index in [1.807, 2.05) is 12.1 Å². The van der Waals surface area contributed by atoms with Crippen molar-refractivity contribution < 1.29 is 19.5 Å². The highest BCUT2D eigenvalue weighted by Crippen LogP contribution is 2.26. The summed E-state index contributed by atoms with van der Waals surface area (Å²) in [6.07, 6.45) is 5.33. The van der Waals surface area contributed by atoms with Gasteiger partial charge in [-0.05, 0) is 30.0 Å². The van der Waals surface area contributed by atoms with Crippen LogP contribution < -0.4 is 16.0 Å². The third kappa shape index (κ3) is 4.66. The second-order valence-electron chi connectivity index (χ2n) is 8.09. The minimum Gasteiger partial charge on any atom is -0.481 e. The number of aliphatic carboxylic acids is 1. The third-order valence-electron chi connectivity index (χ3n) is 5.36. The number of benzene rings is 1. The van der Waals surface area contributed by atoms with Crippen molar-refractivity contribution in [3.8, 4) is 0 Å². The molecule has 0 bridgehead atoms. The molecule has 11 nitrogen and oxygen atoms in total. The lowest BCUT2D eigenvalue weighted by molar-refractivity contribution is -0.136. The Balaban J connectivity index is 1.42. The van der Waals surface area contributed by atoms with Crippen LogP contribution in [0.2, 0.25) is 0 Å². The quantitative estimate of drug-likeness (QED) is 0.296. The molecule has 11 heteroatoms. The van der Waals surface area contributed by atoms with E-state index in [9.17, 15) is 14.4 Å². The number of carbonyl (C=O) groups is 3. The normalized spacial score (nSPS) is 16.9. The molecule has 1 aromatic carbocycles. The van der Waals surface area contributed by atoms with E-state index in [-0.39, 0.29) is 18.7 Å². The number of carbonyl (C=O) groups excluding carboxylic acids is 2. The number of carboxylic acids is 1. The molecule has 0 atom stereocenters. The summed E-state index contributed by atoms with van der Waals surface area (Å²) in [4.78, 5) is 43.5. The molecule has 0 spiro atoms. The second kappa shape index (κ2) is 8.34. The van der Waals surface area contributed by atoms with E-state index >= 15 is 0 Å². The van der Waals surface area contributed by atoms with Crippen LogP contribution >= 0.6 is 0 Å². The molecule has 3 heterocycles. The van der Waals surface area contributed by atoms with Crippen LogP contribution in [-0.4, -0.2) is 48.5 Å². The monoisotopic (exact) mass is 447 g/mol. The van der Waals surface area contributed by atoms with Crippen LogP contribution in [-0.2, 0) is 27.3 Å². The van der Waals surface area contributed by atoms with Crippen LogP contribution in [0.1, 0.15) is 36.0 Å². The first-order chi connectivity index (χ1) is 15.9. The molecule has 0 unspecified atom stereocenters. The number of fused-ring (bicyclic) bond motifs is 1. The Hall–Kier alpha value is -4.28. The first kappa shape index (κ1) is 20.6. The molecule has 3 aromatic rings. The third-order valence-corrected chi connectivity index (χ3v) is 5.36. The summed E-state index contributed by atoms with van der Waals surface area (Å²) in [6, 6.07) is 7.62. The summed E-state index contributed by atoms with van der Waals surface area (Å²) < 4.78 is 1.59. The lowest BCUT2D eigenvalue weighted by atomic mass is 10.1. The highest BCUT2D eigenvalue weighted by atomic mass is 16.4. The van der Waals surface area contributed by atoms with Gasteiger partial charge in [0.15, 0.2) is 5.65 Å². The lowest BCUT2D eigenvalue weighted by Gasteiger charge is -2.10. The minimum atomic E-state index is -0.871. The maximum absolute atomic E-state index is 12.0. The zero-order valence-corrected chi connectivity index (χ0v) is 17.5. The maximum atomic E-state index is 12.0. The average molecular weight is 447 g/mol. The Kier molecular flexibility index (Phi) is 5.21. The number of amides is 2. The molecule has 4 N–H and O–H groups in total. The summed E-state index contributed by atoms with van der Waals surface area (Å²) in [5, 5.41) is 22.1. The highest BCUT2D eigenvalue weighted by molar-refractivity contribution is 6.15. The molecule has 168 valence electrons. The maximum Gasteiger partial charge on any atom is 0.307 e. The van der Waals surface area contributed by atoms with Gasteiger partial charge in [0.1, 0.15) is 0 Å². The zero-order chi connectivity index (χ0) is 22.9. The topological polar surface area (TPSA) is 151 Å². The van der Waals surface area contributed by atoms with E-state index in [0.29, 0.717) is 41.3 Å². The van der Waals surface area contributed by atoms with Gasteiger partial charge < -0.3 is 15.7 Å². The summed E-state index contributed by atoms with van der Waals surface area (Å²) in [6.45, 7) is 0.438. The Labute approximate surface area is 187 Å². The van der Waals surface area contributed by atoms with E-state index in [4.69, 9.17) is 5.11 Å². The van der Waals surface area contributed by atoms with Crippen molar-refractivity contribution in [1.29, 1.82) is 0 Å². The van der Waals surface area contributed by atoms with Crippen LogP contribution in [0.5, 0.6) is 0 Å². The standard InChI is InChI=1S/C22H21N7O4/c30-17-9-14(20(33)26-17)8-15-11-24-29-19(15)27-21(28-22(29)25-16-5-6-16)23-10-13-3-1-12(2-4-13)7-18(31)32/h1-4,8,11,16H,5-7,9-10H2,(H,31,32)(H,26,30,33)(H2,23,25,27,28)/b14-8+. The summed E-state index contributed by atoms with van der Waals surface area (Å²) in [5.41, 5.74) is 3.15. The lowest BCUT2D eigenvalue weighted by Crippen LogP contribution is -2.19. The van der Waals surface area contributed by atoms with Crippen molar-refractivity contribution in [3.05, 3.63) is 52.7 Å². The van der Waals surface area contributed by atoms with Crippen LogP contribution in [0, 0.1) is 0 Å². The molecular formula is C22H21N7O4. The van der Waals surface area contributed by atoms with Gasteiger partial charge in [0.2, 0.25) is 17.8 Å². The van der Waals surface area contributed by atoms with Crippen molar-refractivity contribution >= 4 is 41.4 Å². The number of carboxylic acid groups (broad SMARTS) is 1.